The lowest BCUT2D eigenvalue weighted by Crippen LogP contribution is -2.30. The monoisotopic (exact) mass is 262 g/mol. The minimum atomic E-state index is 0.117. The number of hydrogen-bond acceptors (Lipinski definition) is 4. The van der Waals surface area contributed by atoms with Crippen LogP contribution in [0.25, 0.3) is 0 Å². The maximum atomic E-state index is 3.37. The number of hydrogen-bond donors (Lipinski definition) is 4. The Morgan fingerprint density at radius 3 is 1.12 bits per heavy atom. The van der Waals surface area contributed by atoms with Gasteiger partial charge in [-0.2, -0.15) is 0 Å². The molecule has 2 heterocycles. The van der Waals surface area contributed by atoms with E-state index in [1.165, 1.54) is 12.3 Å². The second-order valence-corrected chi connectivity index (χ2v) is 10.8. The fourth-order valence-electron chi connectivity index (χ4n) is 2.49. The van der Waals surface area contributed by atoms with Gasteiger partial charge in [0.05, 0.1) is 0 Å². The Bertz CT molecular complexity index is 197. The molecule has 94 valence electrons. The zero-order valence-electron chi connectivity index (χ0n) is 10.6. The van der Waals surface area contributed by atoms with Crippen molar-refractivity contribution in [3.63, 3.8) is 0 Å². The van der Waals surface area contributed by atoms with E-state index in [1.807, 2.05) is 0 Å². The first-order valence-electron chi connectivity index (χ1n) is 6.13. The lowest BCUT2D eigenvalue weighted by molar-refractivity contribution is 0.567. The van der Waals surface area contributed by atoms with Crippen LogP contribution in [0.3, 0.4) is 0 Å². The third kappa shape index (κ3) is 2.75. The van der Waals surface area contributed by atoms with E-state index in [9.17, 15) is 0 Å². The summed E-state index contributed by atoms with van der Waals surface area (Å²) in [6.07, 6.45) is 2.81. The van der Waals surface area contributed by atoms with Gasteiger partial charge < -0.3 is 0 Å². The SMILES string of the molecule is CC1NN[C@H](C)P1CCP1C(C)NN[C@@H]1C. The maximum Gasteiger partial charge on any atom is 0.0397 e. The highest BCUT2D eigenvalue weighted by Crippen LogP contribution is 2.53. The molecule has 2 rings (SSSR count). The van der Waals surface area contributed by atoms with Crippen molar-refractivity contribution in [3.05, 3.63) is 0 Å². The second-order valence-electron chi connectivity index (χ2n) is 4.76. The van der Waals surface area contributed by atoms with Gasteiger partial charge in [-0.15, -0.1) is 0 Å². The van der Waals surface area contributed by atoms with E-state index >= 15 is 0 Å². The summed E-state index contributed by atoms with van der Waals surface area (Å²) in [4.78, 5) is 0. The van der Waals surface area contributed by atoms with Crippen LogP contribution in [-0.4, -0.2) is 35.5 Å². The van der Waals surface area contributed by atoms with Crippen molar-refractivity contribution in [1.29, 1.82) is 0 Å². The molecule has 0 aliphatic carbocycles. The van der Waals surface area contributed by atoms with E-state index in [-0.39, 0.29) is 15.8 Å². The van der Waals surface area contributed by atoms with Crippen LogP contribution in [0.15, 0.2) is 0 Å². The smallest absolute Gasteiger partial charge is 0.0397 e. The van der Waals surface area contributed by atoms with E-state index in [4.69, 9.17) is 0 Å². The molecule has 6 atom stereocenters. The molecule has 0 spiro atoms. The normalized spacial score (nSPS) is 48.8. The highest BCUT2D eigenvalue weighted by atomic mass is 31.1. The Hall–Kier alpha value is 0.700. The molecular formula is C10H24N4P2. The van der Waals surface area contributed by atoms with Gasteiger partial charge in [0.2, 0.25) is 0 Å². The molecule has 4 N–H and O–H groups in total. The van der Waals surface area contributed by atoms with Crippen molar-refractivity contribution in [2.45, 2.75) is 50.8 Å². The Balaban J connectivity index is 1.82. The molecule has 2 aliphatic rings. The van der Waals surface area contributed by atoms with Crippen LogP contribution in [-0.2, 0) is 0 Å². The van der Waals surface area contributed by atoms with Crippen molar-refractivity contribution < 1.29 is 0 Å². The topological polar surface area (TPSA) is 48.1 Å². The summed E-state index contributed by atoms with van der Waals surface area (Å²) in [6.45, 7) is 9.25. The van der Waals surface area contributed by atoms with Gasteiger partial charge in [-0.25, -0.2) is 0 Å². The molecule has 0 aromatic carbocycles. The van der Waals surface area contributed by atoms with E-state index in [2.05, 4.69) is 49.4 Å². The summed E-state index contributed by atoms with van der Waals surface area (Å²) >= 11 is 0. The Morgan fingerprint density at radius 2 is 0.875 bits per heavy atom. The summed E-state index contributed by atoms with van der Waals surface area (Å²) < 4.78 is 0. The standard InChI is InChI=1S/C10H24N4P2/c1-7-11-12-8(2)15(7)5-6-16-9(3)13-14-10(16)4/h7-14H,5-6H2,1-4H3/t7-,8?,9-,10?,15?,16?/m0/s1. The fourth-order valence-corrected chi connectivity index (χ4v) is 8.19. The Labute approximate surface area is 101 Å². The molecule has 0 aromatic rings. The summed E-state index contributed by atoms with van der Waals surface area (Å²) in [7, 11) is 0.233. The van der Waals surface area contributed by atoms with Gasteiger partial charge in [0, 0.05) is 23.1 Å². The first-order valence-corrected chi connectivity index (χ1v) is 9.46. The predicted molar refractivity (Wildman–Crippen MR) is 74.0 cm³/mol. The van der Waals surface area contributed by atoms with Crippen LogP contribution in [0.5, 0.6) is 0 Å². The molecule has 0 bridgehead atoms. The predicted octanol–water partition coefficient (Wildman–Crippen LogP) is 1.55. The Morgan fingerprint density at radius 1 is 0.625 bits per heavy atom. The summed E-state index contributed by atoms with van der Waals surface area (Å²) in [5.41, 5.74) is 13.5. The molecule has 6 heteroatoms. The average Bonchev–Trinajstić information content (AvgIpc) is 2.72. The highest BCUT2D eigenvalue weighted by molar-refractivity contribution is 7.63. The zero-order chi connectivity index (χ0) is 11.7. The molecule has 16 heavy (non-hydrogen) atoms. The molecule has 2 saturated heterocycles. The summed E-state index contributed by atoms with van der Waals surface area (Å²) in [5.74, 6) is 2.70. The average molecular weight is 262 g/mol. The quantitative estimate of drug-likeness (QED) is 0.583. The van der Waals surface area contributed by atoms with Gasteiger partial charge in [-0.1, -0.05) is 15.8 Å². The van der Waals surface area contributed by atoms with Gasteiger partial charge in [0.1, 0.15) is 0 Å². The minimum Gasteiger partial charge on any atom is -0.250 e. The van der Waals surface area contributed by atoms with Gasteiger partial charge >= 0.3 is 0 Å². The van der Waals surface area contributed by atoms with Gasteiger partial charge in [-0.05, 0) is 40.0 Å². The molecule has 0 radical (unpaired) electrons. The minimum absolute atomic E-state index is 0.117. The van der Waals surface area contributed by atoms with E-state index in [0.29, 0.717) is 23.1 Å². The fraction of sp³-hybridized carbons (Fsp3) is 1.00. The number of hydrazine groups is 2. The van der Waals surface area contributed by atoms with Crippen LogP contribution >= 0.6 is 15.8 Å². The first kappa shape index (κ1) is 13.1. The summed E-state index contributed by atoms with van der Waals surface area (Å²) in [6, 6.07) is 0. The van der Waals surface area contributed by atoms with E-state index in [1.54, 1.807) is 0 Å². The summed E-state index contributed by atoms with van der Waals surface area (Å²) in [5, 5.41) is 0. The van der Waals surface area contributed by atoms with Crippen LogP contribution in [0, 0.1) is 0 Å². The molecule has 0 amide bonds. The van der Waals surface area contributed by atoms with Crippen molar-refractivity contribution in [1.82, 2.24) is 21.7 Å². The van der Waals surface area contributed by atoms with Crippen LogP contribution in [0.2, 0.25) is 0 Å². The maximum absolute atomic E-state index is 3.37. The largest absolute Gasteiger partial charge is 0.250 e. The number of nitrogens with one attached hydrogen (secondary N) is 4. The Kier molecular flexibility index (Phi) is 4.57. The van der Waals surface area contributed by atoms with Gasteiger partial charge in [0.25, 0.3) is 0 Å². The van der Waals surface area contributed by atoms with E-state index < -0.39 is 0 Å². The molecular weight excluding hydrogens is 238 g/mol. The molecule has 2 aliphatic heterocycles. The van der Waals surface area contributed by atoms with Crippen LogP contribution < -0.4 is 21.7 Å². The zero-order valence-corrected chi connectivity index (χ0v) is 12.4. The first-order chi connectivity index (χ1) is 7.59. The van der Waals surface area contributed by atoms with E-state index in [0.717, 1.165) is 0 Å². The molecule has 4 unspecified atom stereocenters. The molecule has 0 saturated carbocycles. The number of rotatable bonds is 3. The van der Waals surface area contributed by atoms with Gasteiger partial charge in [-0.3, -0.25) is 21.7 Å². The van der Waals surface area contributed by atoms with Crippen molar-refractivity contribution in [2.24, 2.45) is 0 Å². The third-order valence-electron chi connectivity index (χ3n) is 3.61. The van der Waals surface area contributed by atoms with Crippen molar-refractivity contribution >= 4 is 15.8 Å². The highest BCUT2D eigenvalue weighted by Gasteiger charge is 2.33. The van der Waals surface area contributed by atoms with Crippen molar-refractivity contribution in [2.75, 3.05) is 12.3 Å². The second kappa shape index (κ2) is 5.56. The van der Waals surface area contributed by atoms with Crippen molar-refractivity contribution in [3.8, 4) is 0 Å². The molecule has 0 aromatic heterocycles. The lowest BCUT2D eigenvalue weighted by atomic mass is 10.8. The van der Waals surface area contributed by atoms with Crippen LogP contribution in [0.4, 0.5) is 0 Å². The third-order valence-corrected chi connectivity index (χ3v) is 9.94. The molecule has 2 fully saturated rings. The van der Waals surface area contributed by atoms with Crippen LogP contribution in [0.1, 0.15) is 27.7 Å². The lowest BCUT2D eigenvalue weighted by Gasteiger charge is -2.24. The van der Waals surface area contributed by atoms with Gasteiger partial charge in [0.15, 0.2) is 0 Å². The molecule has 4 nitrogen and oxygen atoms in total.